The lowest BCUT2D eigenvalue weighted by atomic mass is 10.1. The van der Waals surface area contributed by atoms with Gasteiger partial charge in [-0.05, 0) is 11.1 Å². The molecule has 1 aliphatic heterocycles. The molecule has 1 heterocycles. The molecular formula is C12H15N3O3. The second-order valence-electron chi connectivity index (χ2n) is 4.13. The molecule has 0 aromatic heterocycles. The van der Waals surface area contributed by atoms with E-state index in [1.54, 1.807) is 0 Å². The van der Waals surface area contributed by atoms with Gasteiger partial charge < -0.3 is 14.6 Å². The molecule has 0 spiro atoms. The molecule has 18 heavy (non-hydrogen) atoms. The molecule has 0 radical (unpaired) electrons. The van der Waals surface area contributed by atoms with Gasteiger partial charge in [0, 0.05) is 11.3 Å². The topological polar surface area (TPSA) is 87.5 Å². The smallest absolute Gasteiger partial charge is 0.158 e. The van der Waals surface area contributed by atoms with E-state index >= 15 is 0 Å². The van der Waals surface area contributed by atoms with Crippen LogP contribution in [0.4, 0.5) is 0 Å². The zero-order valence-electron chi connectivity index (χ0n) is 9.85. The summed E-state index contributed by atoms with van der Waals surface area (Å²) in [5.74, 6) is 0. The molecule has 1 N–H and O–H groups in total. The van der Waals surface area contributed by atoms with Gasteiger partial charge in [-0.15, -0.1) is 0 Å². The van der Waals surface area contributed by atoms with Crippen LogP contribution in [0.3, 0.4) is 0 Å². The zero-order valence-corrected chi connectivity index (χ0v) is 9.85. The number of aliphatic hydroxyl groups is 1. The van der Waals surface area contributed by atoms with Crippen LogP contribution in [0, 0.1) is 0 Å². The zero-order chi connectivity index (χ0) is 12.8. The SMILES string of the molecule is [N-]=[N+]=N[C@@H]1C[C@H](OCc2ccccc2)OC[C@H]1O. The maximum Gasteiger partial charge on any atom is 0.158 e. The highest BCUT2D eigenvalue weighted by atomic mass is 16.7. The first kappa shape index (κ1) is 12.9. The van der Waals surface area contributed by atoms with Crippen molar-refractivity contribution in [1.29, 1.82) is 0 Å². The van der Waals surface area contributed by atoms with E-state index in [9.17, 15) is 5.11 Å². The second-order valence-corrected chi connectivity index (χ2v) is 4.13. The average molecular weight is 249 g/mol. The fourth-order valence-corrected chi connectivity index (χ4v) is 1.81. The Morgan fingerprint density at radius 3 is 2.94 bits per heavy atom. The van der Waals surface area contributed by atoms with Gasteiger partial charge in [0.1, 0.15) is 0 Å². The Hall–Kier alpha value is -1.59. The molecular weight excluding hydrogens is 234 g/mol. The Morgan fingerprint density at radius 1 is 1.44 bits per heavy atom. The number of rotatable bonds is 4. The molecule has 1 aliphatic rings. The summed E-state index contributed by atoms with van der Waals surface area (Å²) in [6.45, 7) is 0.563. The van der Waals surface area contributed by atoms with Gasteiger partial charge in [0.2, 0.25) is 0 Å². The van der Waals surface area contributed by atoms with Crippen molar-refractivity contribution >= 4 is 0 Å². The molecule has 2 rings (SSSR count). The van der Waals surface area contributed by atoms with Crippen molar-refractivity contribution in [3.05, 3.63) is 46.3 Å². The molecule has 0 bridgehead atoms. The lowest BCUT2D eigenvalue weighted by Crippen LogP contribution is -2.41. The Kier molecular flexibility index (Phi) is 4.55. The van der Waals surface area contributed by atoms with Gasteiger partial charge in [0.25, 0.3) is 0 Å². The number of benzene rings is 1. The van der Waals surface area contributed by atoms with E-state index in [1.165, 1.54) is 0 Å². The van der Waals surface area contributed by atoms with Gasteiger partial charge in [-0.1, -0.05) is 35.4 Å². The maximum atomic E-state index is 9.56. The molecule has 1 aromatic carbocycles. The van der Waals surface area contributed by atoms with Gasteiger partial charge in [0.15, 0.2) is 6.29 Å². The lowest BCUT2D eigenvalue weighted by Gasteiger charge is -2.30. The van der Waals surface area contributed by atoms with Crippen LogP contribution in [0.2, 0.25) is 0 Å². The monoisotopic (exact) mass is 249 g/mol. The highest BCUT2D eigenvalue weighted by Crippen LogP contribution is 2.19. The van der Waals surface area contributed by atoms with Crippen molar-refractivity contribution < 1.29 is 14.6 Å². The van der Waals surface area contributed by atoms with E-state index in [4.69, 9.17) is 15.0 Å². The minimum atomic E-state index is -0.752. The fourth-order valence-electron chi connectivity index (χ4n) is 1.81. The van der Waals surface area contributed by atoms with E-state index in [-0.39, 0.29) is 6.61 Å². The molecule has 6 nitrogen and oxygen atoms in total. The second kappa shape index (κ2) is 6.37. The van der Waals surface area contributed by atoms with Crippen LogP contribution in [0.1, 0.15) is 12.0 Å². The van der Waals surface area contributed by atoms with Crippen molar-refractivity contribution in [2.24, 2.45) is 5.11 Å². The lowest BCUT2D eigenvalue weighted by molar-refractivity contribution is -0.196. The molecule has 0 amide bonds. The highest BCUT2D eigenvalue weighted by molar-refractivity contribution is 5.13. The molecule has 0 aliphatic carbocycles. The predicted octanol–water partition coefficient (Wildman–Crippen LogP) is 1.99. The van der Waals surface area contributed by atoms with Gasteiger partial charge in [0.05, 0.1) is 25.4 Å². The van der Waals surface area contributed by atoms with E-state index in [0.717, 1.165) is 5.56 Å². The molecule has 0 unspecified atom stereocenters. The Morgan fingerprint density at radius 2 is 2.22 bits per heavy atom. The quantitative estimate of drug-likeness (QED) is 0.503. The fraction of sp³-hybridized carbons (Fsp3) is 0.500. The maximum absolute atomic E-state index is 9.56. The molecule has 1 saturated heterocycles. The van der Waals surface area contributed by atoms with E-state index in [2.05, 4.69) is 10.0 Å². The van der Waals surface area contributed by atoms with Crippen molar-refractivity contribution in [3.63, 3.8) is 0 Å². The summed E-state index contributed by atoms with van der Waals surface area (Å²) in [6, 6.07) is 9.25. The van der Waals surface area contributed by atoms with Crippen LogP contribution in [-0.2, 0) is 16.1 Å². The third-order valence-corrected chi connectivity index (χ3v) is 2.81. The Balaban J connectivity index is 1.85. The van der Waals surface area contributed by atoms with Crippen LogP contribution in [-0.4, -0.2) is 30.1 Å². The summed E-state index contributed by atoms with van der Waals surface area (Å²) in [7, 11) is 0. The minimum Gasteiger partial charge on any atom is -0.390 e. The molecule has 96 valence electrons. The number of ether oxygens (including phenoxy) is 2. The highest BCUT2D eigenvalue weighted by Gasteiger charge is 2.29. The Bertz CT molecular complexity index is 420. The van der Waals surface area contributed by atoms with Crippen LogP contribution in [0.15, 0.2) is 35.4 Å². The van der Waals surface area contributed by atoms with E-state index in [0.29, 0.717) is 13.0 Å². The van der Waals surface area contributed by atoms with Gasteiger partial charge in [-0.2, -0.15) is 0 Å². The number of aliphatic hydroxyl groups excluding tert-OH is 1. The van der Waals surface area contributed by atoms with Gasteiger partial charge in [-0.25, -0.2) is 0 Å². The molecule has 1 aromatic rings. The van der Waals surface area contributed by atoms with Gasteiger partial charge >= 0.3 is 0 Å². The number of azide groups is 1. The first-order valence-corrected chi connectivity index (χ1v) is 5.79. The standard InChI is InChI=1S/C12H15N3O3/c13-15-14-10-6-12(18-8-11(10)16)17-7-9-4-2-1-3-5-9/h1-5,10-12,16H,6-8H2/t10-,11-,12-/m1/s1. The largest absolute Gasteiger partial charge is 0.390 e. The van der Waals surface area contributed by atoms with Crippen LogP contribution in [0.25, 0.3) is 10.4 Å². The number of hydrogen-bond acceptors (Lipinski definition) is 4. The summed E-state index contributed by atoms with van der Waals surface area (Å²) in [5.41, 5.74) is 9.44. The first-order chi connectivity index (χ1) is 8.79. The van der Waals surface area contributed by atoms with Crippen molar-refractivity contribution in [2.45, 2.75) is 31.5 Å². The molecule has 0 saturated carbocycles. The summed E-state index contributed by atoms with van der Waals surface area (Å²) in [4.78, 5) is 2.72. The molecule has 6 heteroatoms. The summed E-state index contributed by atoms with van der Waals surface area (Å²) >= 11 is 0. The third-order valence-electron chi connectivity index (χ3n) is 2.81. The first-order valence-electron chi connectivity index (χ1n) is 5.79. The summed E-state index contributed by atoms with van der Waals surface area (Å²) in [6.07, 6.45) is -0.820. The molecule has 3 atom stereocenters. The normalized spacial score (nSPS) is 27.5. The predicted molar refractivity (Wildman–Crippen MR) is 64.5 cm³/mol. The number of hydrogen-bond donors (Lipinski definition) is 1. The van der Waals surface area contributed by atoms with Crippen LogP contribution < -0.4 is 0 Å². The third kappa shape index (κ3) is 3.45. The van der Waals surface area contributed by atoms with Crippen molar-refractivity contribution in [3.8, 4) is 0 Å². The summed E-state index contributed by atoms with van der Waals surface area (Å²) < 4.78 is 10.9. The van der Waals surface area contributed by atoms with Crippen LogP contribution in [0.5, 0.6) is 0 Å². The van der Waals surface area contributed by atoms with E-state index < -0.39 is 18.4 Å². The average Bonchev–Trinajstić information content (AvgIpc) is 2.41. The van der Waals surface area contributed by atoms with E-state index in [1.807, 2.05) is 30.3 Å². The molecule has 1 fully saturated rings. The van der Waals surface area contributed by atoms with Crippen molar-refractivity contribution in [2.75, 3.05) is 6.61 Å². The summed E-state index contributed by atoms with van der Waals surface area (Å²) in [5, 5.41) is 13.1. The van der Waals surface area contributed by atoms with Crippen LogP contribution >= 0.6 is 0 Å². The number of nitrogens with zero attached hydrogens (tertiary/aromatic N) is 3. The Labute approximate surface area is 105 Å². The minimum absolute atomic E-state index is 0.128. The van der Waals surface area contributed by atoms with Crippen molar-refractivity contribution in [1.82, 2.24) is 0 Å². The van der Waals surface area contributed by atoms with Gasteiger partial charge in [-0.3, -0.25) is 0 Å².